The Balaban J connectivity index is 2.90. The van der Waals surface area contributed by atoms with E-state index in [1.807, 2.05) is 0 Å². The van der Waals surface area contributed by atoms with Crippen molar-refractivity contribution in [2.24, 2.45) is 10.8 Å². The monoisotopic (exact) mass is 251 g/mol. The van der Waals surface area contributed by atoms with Crippen molar-refractivity contribution in [2.45, 2.75) is 79.7 Å². The third-order valence-electron chi connectivity index (χ3n) is 3.95. The minimum atomic E-state index is 0.320. The fourth-order valence-corrected chi connectivity index (χ4v) is 2.93. The number of hydrogen-bond acceptors (Lipinski definition) is 1. The molecule has 1 atom stereocenters. The zero-order chi connectivity index (χ0) is 14.0. The smallest absolute Gasteiger partial charge is 0.0340 e. The molecule has 1 rings (SSSR count). The maximum Gasteiger partial charge on any atom is 0.0340 e. The molecule has 0 bridgehead atoms. The highest BCUT2D eigenvalue weighted by molar-refractivity contribution is 5.02. The van der Waals surface area contributed by atoms with E-state index in [1.54, 1.807) is 0 Å². The van der Waals surface area contributed by atoms with Gasteiger partial charge in [-0.15, -0.1) is 0 Å². The molecule has 0 aliphatic carbocycles. The van der Waals surface area contributed by atoms with E-state index >= 15 is 0 Å². The Hall–Kier alpha value is -0.460. The third-order valence-corrected chi connectivity index (χ3v) is 3.95. The second-order valence-corrected chi connectivity index (χ2v) is 8.22. The van der Waals surface area contributed by atoms with Gasteiger partial charge in [0, 0.05) is 18.3 Å². The molecule has 0 radical (unpaired) electrons. The molecular weight excluding hydrogens is 218 g/mol. The average Bonchev–Trinajstić information content (AvgIpc) is 2.36. The lowest BCUT2D eigenvalue weighted by molar-refractivity contribution is 0.0909. The topological polar surface area (TPSA) is 3.24 Å². The van der Waals surface area contributed by atoms with Crippen LogP contribution in [0, 0.1) is 10.8 Å². The van der Waals surface area contributed by atoms with Gasteiger partial charge in [-0.1, -0.05) is 54.5 Å². The predicted octanol–water partition coefficient (Wildman–Crippen LogP) is 5.23. The SMILES string of the molecule is C=C1CCCCCN1C(CC(C)(C)C)C(C)(C)C. The molecule has 1 fully saturated rings. The standard InChI is InChI=1S/C17H33N/c1-14-11-9-8-10-12-18(14)15(17(5,6)7)13-16(2,3)4/h15H,1,8-13H2,2-7H3. The first-order chi connectivity index (χ1) is 8.11. The quantitative estimate of drug-likeness (QED) is 0.650. The summed E-state index contributed by atoms with van der Waals surface area (Å²) >= 11 is 0. The van der Waals surface area contributed by atoms with Crippen molar-refractivity contribution < 1.29 is 0 Å². The lowest BCUT2D eigenvalue weighted by Crippen LogP contribution is -2.45. The summed E-state index contributed by atoms with van der Waals surface area (Å²) in [5, 5.41) is 0. The van der Waals surface area contributed by atoms with E-state index in [0.29, 0.717) is 16.9 Å². The van der Waals surface area contributed by atoms with Gasteiger partial charge in [-0.3, -0.25) is 0 Å². The van der Waals surface area contributed by atoms with Crippen molar-refractivity contribution in [3.63, 3.8) is 0 Å². The van der Waals surface area contributed by atoms with Crippen LogP contribution in [0.1, 0.15) is 73.6 Å². The molecule has 0 aromatic heterocycles. The molecule has 0 amide bonds. The van der Waals surface area contributed by atoms with Crippen LogP contribution >= 0.6 is 0 Å². The van der Waals surface area contributed by atoms with Crippen molar-refractivity contribution in [2.75, 3.05) is 6.54 Å². The van der Waals surface area contributed by atoms with E-state index in [2.05, 4.69) is 53.0 Å². The van der Waals surface area contributed by atoms with Crippen molar-refractivity contribution in [3.8, 4) is 0 Å². The van der Waals surface area contributed by atoms with Crippen LogP contribution in [0.5, 0.6) is 0 Å². The van der Waals surface area contributed by atoms with Gasteiger partial charge in [0.05, 0.1) is 0 Å². The number of likely N-dealkylation sites (tertiary alicyclic amines) is 1. The van der Waals surface area contributed by atoms with Crippen molar-refractivity contribution in [1.29, 1.82) is 0 Å². The lowest BCUT2D eigenvalue weighted by atomic mass is 9.76. The fourth-order valence-electron chi connectivity index (χ4n) is 2.93. The van der Waals surface area contributed by atoms with Crippen LogP contribution in [0.15, 0.2) is 12.3 Å². The Kier molecular flexibility index (Phi) is 4.91. The molecule has 0 spiro atoms. The molecule has 1 heterocycles. The van der Waals surface area contributed by atoms with Crippen LogP contribution in [0.25, 0.3) is 0 Å². The van der Waals surface area contributed by atoms with Crippen LogP contribution in [0.3, 0.4) is 0 Å². The average molecular weight is 251 g/mol. The maximum atomic E-state index is 4.35. The number of hydrogen-bond donors (Lipinski definition) is 0. The molecule has 1 aliphatic rings. The second kappa shape index (κ2) is 5.67. The molecule has 1 saturated heterocycles. The Bertz CT molecular complexity index is 277. The summed E-state index contributed by atoms with van der Waals surface area (Å²) in [4.78, 5) is 2.62. The van der Waals surface area contributed by atoms with Crippen LogP contribution in [-0.4, -0.2) is 17.5 Å². The van der Waals surface area contributed by atoms with Gasteiger partial charge in [0.15, 0.2) is 0 Å². The van der Waals surface area contributed by atoms with Crippen molar-refractivity contribution in [1.82, 2.24) is 4.90 Å². The van der Waals surface area contributed by atoms with E-state index in [-0.39, 0.29) is 0 Å². The molecular formula is C17H33N. The first-order valence-electron chi connectivity index (χ1n) is 7.56. The summed E-state index contributed by atoms with van der Waals surface area (Å²) in [6.07, 6.45) is 6.45. The van der Waals surface area contributed by atoms with Gasteiger partial charge in [-0.05, 0) is 36.5 Å². The summed E-state index contributed by atoms with van der Waals surface area (Å²) in [6.45, 7) is 19.7. The molecule has 0 N–H and O–H groups in total. The number of rotatable bonds is 2. The summed E-state index contributed by atoms with van der Waals surface area (Å²) in [5.74, 6) is 0. The Morgan fingerprint density at radius 3 is 2.17 bits per heavy atom. The van der Waals surface area contributed by atoms with Crippen molar-refractivity contribution in [3.05, 3.63) is 12.3 Å². The molecule has 1 aliphatic heterocycles. The van der Waals surface area contributed by atoms with Gasteiger partial charge in [-0.2, -0.15) is 0 Å². The molecule has 1 nitrogen and oxygen atoms in total. The van der Waals surface area contributed by atoms with Crippen LogP contribution < -0.4 is 0 Å². The van der Waals surface area contributed by atoms with E-state index in [4.69, 9.17) is 0 Å². The molecule has 0 aromatic rings. The number of allylic oxidation sites excluding steroid dienone is 1. The largest absolute Gasteiger partial charge is 0.372 e. The molecule has 0 aromatic carbocycles. The van der Waals surface area contributed by atoms with Gasteiger partial charge in [0.2, 0.25) is 0 Å². The van der Waals surface area contributed by atoms with Crippen LogP contribution in [-0.2, 0) is 0 Å². The lowest BCUT2D eigenvalue weighted by Gasteiger charge is -2.45. The fraction of sp³-hybridized carbons (Fsp3) is 0.882. The minimum absolute atomic E-state index is 0.320. The number of nitrogens with zero attached hydrogens (tertiary/aromatic N) is 1. The third kappa shape index (κ3) is 4.66. The highest BCUT2D eigenvalue weighted by Crippen LogP contribution is 2.37. The van der Waals surface area contributed by atoms with Gasteiger partial charge in [-0.25, -0.2) is 0 Å². The van der Waals surface area contributed by atoms with Crippen LogP contribution in [0.4, 0.5) is 0 Å². The highest BCUT2D eigenvalue weighted by atomic mass is 15.2. The van der Waals surface area contributed by atoms with E-state index in [9.17, 15) is 0 Å². The van der Waals surface area contributed by atoms with E-state index < -0.39 is 0 Å². The van der Waals surface area contributed by atoms with E-state index in [0.717, 1.165) is 0 Å². The summed E-state index contributed by atoms with van der Waals surface area (Å²) in [7, 11) is 0. The highest BCUT2D eigenvalue weighted by Gasteiger charge is 2.34. The molecule has 1 unspecified atom stereocenters. The Morgan fingerprint density at radius 2 is 1.67 bits per heavy atom. The first-order valence-corrected chi connectivity index (χ1v) is 7.56. The first kappa shape index (κ1) is 15.6. The molecule has 18 heavy (non-hydrogen) atoms. The van der Waals surface area contributed by atoms with Gasteiger partial charge < -0.3 is 4.90 Å². The molecule has 1 heteroatoms. The Labute approximate surface area is 115 Å². The normalized spacial score (nSPS) is 20.8. The van der Waals surface area contributed by atoms with Gasteiger partial charge >= 0.3 is 0 Å². The molecule has 106 valence electrons. The minimum Gasteiger partial charge on any atom is -0.372 e. The summed E-state index contributed by atoms with van der Waals surface area (Å²) < 4.78 is 0. The van der Waals surface area contributed by atoms with Gasteiger partial charge in [0.25, 0.3) is 0 Å². The summed E-state index contributed by atoms with van der Waals surface area (Å²) in [5.41, 5.74) is 2.07. The maximum absolute atomic E-state index is 4.35. The predicted molar refractivity (Wildman–Crippen MR) is 81.6 cm³/mol. The van der Waals surface area contributed by atoms with Gasteiger partial charge in [0.1, 0.15) is 0 Å². The summed E-state index contributed by atoms with van der Waals surface area (Å²) in [6, 6.07) is 0.614. The molecule has 0 saturated carbocycles. The van der Waals surface area contributed by atoms with Crippen LogP contribution in [0.2, 0.25) is 0 Å². The van der Waals surface area contributed by atoms with Crippen molar-refractivity contribution >= 4 is 0 Å². The Morgan fingerprint density at radius 1 is 1.06 bits per heavy atom. The van der Waals surface area contributed by atoms with E-state index in [1.165, 1.54) is 44.3 Å². The zero-order valence-electron chi connectivity index (χ0n) is 13.5. The second-order valence-electron chi connectivity index (χ2n) is 8.22. The zero-order valence-corrected chi connectivity index (χ0v) is 13.5.